The summed E-state index contributed by atoms with van der Waals surface area (Å²) in [5.41, 5.74) is 0. The van der Waals surface area contributed by atoms with Gasteiger partial charge in [0.15, 0.2) is 0 Å². The summed E-state index contributed by atoms with van der Waals surface area (Å²) >= 11 is 2.05. The van der Waals surface area contributed by atoms with Gasteiger partial charge in [-0.3, -0.25) is 0 Å². The van der Waals surface area contributed by atoms with Gasteiger partial charge in [0.25, 0.3) is 0 Å². The van der Waals surface area contributed by atoms with Gasteiger partial charge in [-0.25, -0.2) is 0 Å². The second-order valence-electron chi connectivity index (χ2n) is 4.24. The van der Waals surface area contributed by atoms with Crippen molar-refractivity contribution in [3.8, 4) is 0 Å². The van der Waals surface area contributed by atoms with E-state index in [1.54, 1.807) is 0 Å². The van der Waals surface area contributed by atoms with Crippen LogP contribution in [0, 0.1) is 0 Å². The predicted molar refractivity (Wildman–Crippen MR) is 57.1 cm³/mol. The Bertz CT molecular complexity index is 158. The highest BCUT2D eigenvalue weighted by atomic mass is 32.2. The molecule has 4 atom stereocenters. The first-order chi connectivity index (χ1) is 6.27. The van der Waals surface area contributed by atoms with Gasteiger partial charge in [-0.1, -0.05) is 6.92 Å². The van der Waals surface area contributed by atoms with E-state index in [4.69, 9.17) is 0 Å². The molecule has 13 heavy (non-hydrogen) atoms. The minimum atomic E-state index is -0.0854. The molecule has 1 heterocycles. The lowest BCUT2D eigenvalue weighted by Crippen LogP contribution is -2.44. The third kappa shape index (κ3) is 2.20. The van der Waals surface area contributed by atoms with E-state index in [-0.39, 0.29) is 6.10 Å². The molecule has 1 aliphatic carbocycles. The molecule has 0 aromatic rings. The number of nitrogens with one attached hydrogen (secondary N) is 1. The Morgan fingerprint density at radius 2 is 2.08 bits per heavy atom. The Morgan fingerprint density at radius 1 is 1.23 bits per heavy atom. The van der Waals surface area contributed by atoms with Crippen molar-refractivity contribution in [2.75, 3.05) is 5.75 Å². The predicted octanol–water partition coefficient (Wildman–Crippen LogP) is 1.38. The highest BCUT2D eigenvalue weighted by Crippen LogP contribution is 2.28. The lowest BCUT2D eigenvalue weighted by Gasteiger charge is -2.23. The second-order valence-corrected chi connectivity index (χ2v) is 5.73. The normalized spacial score (nSPS) is 45.7. The van der Waals surface area contributed by atoms with Crippen molar-refractivity contribution in [1.82, 2.24) is 5.32 Å². The molecule has 2 aliphatic rings. The zero-order valence-electron chi connectivity index (χ0n) is 8.20. The quantitative estimate of drug-likeness (QED) is 0.708. The topological polar surface area (TPSA) is 32.3 Å². The van der Waals surface area contributed by atoms with Gasteiger partial charge in [0.05, 0.1) is 6.10 Å². The number of aliphatic hydroxyl groups is 1. The zero-order valence-corrected chi connectivity index (χ0v) is 9.02. The van der Waals surface area contributed by atoms with Crippen LogP contribution in [0.2, 0.25) is 0 Å². The highest BCUT2D eigenvalue weighted by Gasteiger charge is 2.31. The molecule has 2 rings (SSSR count). The van der Waals surface area contributed by atoms with E-state index in [1.165, 1.54) is 18.6 Å². The maximum atomic E-state index is 9.67. The summed E-state index contributed by atoms with van der Waals surface area (Å²) in [4.78, 5) is 0. The molecule has 4 unspecified atom stereocenters. The average Bonchev–Trinajstić information content (AvgIpc) is 2.65. The smallest absolute Gasteiger partial charge is 0.0693 e. The summed E-state index contributed by atoms with van der Waals surface area (Å²) in [5, 5.41) is 14.0. The van der Waals surface area contributed by atoms with E-state index in [1.807, 2.05) is 11.8 Å². The van der Waals surface area contributed by atoms with E-state index < -0.39 is 0 Å². The van der Waals surface area contributed by atoms with E-state index in [9.17, 15) is 5.11 Å². The Hall–Kier alpha value is 0.270. The standard InChI is InChI=1S/C10H19NOS/c1-7-8(5-6-13-7)11-9-3-2-4-10(9)12/h7-12H,2-6H2,1H3. The molecule has 0 spiro atoms. The van der Waals surface area contributed by atoms with E-state index >= 15 is 0 Å². The van der Waals surface area contributed by atoms with Crippen molar-refractivity contribution < 1.29 is 5.11 Å². The SMILES string of the molecule is CC1SCCC1NC1CCCC1O. The Labute approximate surface area is 84.5 Å². The van der Waals surface area contributed by atoms with Gasteiger partial charge in [-0.05, 0) is 31.4 Å². The molecule has 0 radical (unpaired) electrons. The van der Waals surface area contributed by atoms with Gasteiger partial charge < -0.3 is 10.4 Å². The highest BCUT2D eigenvalue weighted by molar-refractivity contribution is 8.00. The molecular weight excluding hydrogens is 182 g/mol. The van der Waals surface area contributed by atoms with Gasteiger partial charge in [0, 0.05) is 17.3 Å². The number of hydrogen-bond donors (Lipinski definition) is 2. The monoisotopic (exact) mass is 201 g/mol. The molecule has 2 fully saturated rings. The Morgan fingerprint density at radius 3 is 2.62 bits per heavy atom. The van der Waals surface area contributed by atoms with Crippen LogP contribution in [0.15, 0.2) is 0 Å². The van der Waals surface area contributed by atoms with Crippen molar-refractivity contribution >= 4 is 11.8 Å². The van der Waals surface area contributed by atoms with Crippen molar-refractivity contribution in [2.24, 2.45) is 0 Å². The van der Waals surface area contributed by atoms with Crippen LogP contribution < -0.4 is 5.32 Å². The molecule has 3 heteroatoms. The Kier molecular flexibility index (Phi) is 3.17. The number of thioether (sulfide) groups is 1. The molecule has 0 bridgehead atoms. The second kappa shape index (κ2) is 4.20. The molecule has 0 aromatic heterocycles. The van der Waals surface area contributed by atoms with Crippen molar-refractivity contribution in [2.45, 2.75) is 56.0 Å². The van der Waals surface area contributed by atoms with Gasteiger partial charge in [-0.2, -0.15) is 11.8 Å². The largest absolute Gasteiger partial charge is 0.392 e. The van der Waals surface area contributed by atoms with Gasteiger partial charge in [0.2, 0.25) is 0 Å². The zero-order chi connectivity index (χ0) is 9.26. The van der Waals surface area contributed by atoms with Crippen LogP contribution in [0.4, 0.5) is 0 Å². The lowest BCUT2D eigenvalue weighted by atomic mass is 10.1. The number of hydrogen-bond acceptors (Lipinski definition) is 3. The summed E-state index contributed by atoms with van der Waals surface area (Å²) < 4.78 is 0. The molecule has 2 nitrogen and oxygen atoms in total. The van der Waals surface area contributed by atoms with Crippen molar-refractivity contribution in [3.05, 3.63) is 0 Å². The summed E-state index contributed by atoms with van der Waals surface area (Å²) in [6.45, 7) is 2.29. The molecule has 1 aliphatic heterocycles. The van der Waals surface area contributed by atoms with Crippen LogP contribution in [0.25, 0.3) is 0 Å². The average molecular weight is 201 g/mol. The van der Waals surface area contributed by atoms with Gasteiger partial charge >= 0.3 is 0 Å². The summed E-state index contributed by atoms with van der Waals surface area (Å²) in [6, 6.07) is 1.02. The van der Waals surface area contributed by atoms with Crippen LogP contribution in [-0.2, 0) is 0 Å². The number of aliphatic hydroxyl groups excluding tert-OH is 1. The first-order valence-corrected chi connectivity index (χ1v) is 6.38. The summed E-state index contributed by atoms with van der Waals surface area (Å²) in [5.74, 6) is 1.28. The fraction of sp³-hybridized carbons (Fsp3) is 1.00. The molecule has 0 amide bonds. The van der Waals surface area contributed by atoms with Crippen LogP contribution in [0.3, 0.4) is 0 Å². The van der Waals surface area contributed by atoms with Gasteiger partial charge in [-0.15, -0.1) is 0 Å². The third-order valence-corrected chi connectivity index (χ3v) is 4.61. The van der Waals surface area contributed by atoms with E-state index in [0.717, 1.165) is 18.1 Å². The Balaban J connectivity index is 1.82. The molecular formula is C10H19NOS. The molecule has 1 saturated heterocycles. The van der Waals surface area contributed by atoms with Crippen LogP contribution in [0.5, 0.6) is 0 Å². The first-order valence-electron chi connectivity index (χ1n) is 5.33. The molecule has 76 valence electrons. The maximum Gasteiger partial charge on any atom is 0.0693 e. The number of rotatable bonds is 2. The molecule has 0 aromatic carbocycles. The minimum absolute atomic E-state index is 0.0854. The van der Waals surface area contributed by atoms with Crippen molar-refractivity contribution in [3.63, 3.8) is 0 Å². The van der Waals surface area contributed by atoms with Crippen molar-refractivity contribution in [1.29, 1.82) is 0 Å². The molecule has 1 saturated carbocycles. The fourth-order valence-electron chi connectivity index (χ4n) is 2.36. The summed E-state index contributed by atoms with van der Waals surface area (Å²) in [6.07, 6.45) is 4.53. The van der Waals surface area contributed by atoms with E-state index in [0.29, 0.717) is 12.1 Å². The third-order valence-electron chi connectivity index (χ3n) is 3.28. The van der Waals surface area contributed by atoms with E-state index in [2.05, 4.69) is 12.2 Å². The van der Waals surface area contributed by atoms with Crippen LogP contribution in [-0.4, -0.2) is 34.3 Å². The van der Waals surface area contributed by atoms with Crippen LogP contribution >= 0.6 is 11.8 Å². The van der Waals surface area contributed by atoms with Gasteiger partial charge in [0.1, 0.15) is 0 Å². The van der Waals surface area contributed by atoms with Crippen LogP contribution in [0.1, 0.15) is 32.6 Å². The minimum Gasteiger partial charge on any atom is -0.392 e. The first kappa shape index (κ1) is 9.81. The molecule has 2 N–H and O–H groups in total. The maximum absolute atomic E-state index is 9.67. The lowest BCUT2D eigenvalue weighted by molar-refractivity contribution is 0.143. The fourth-order valence-corrected chi connectivity index (χ4v) is 3.57. The summed E-state index contributed by atoms with van der Waals surface area (Å²) in [7, 11) is 0.